The fourth-order valence-electron chi connectivity index (χ4n) is 2.69. The Morgan fingerprint density at radius 1 is 1.03 bits per heavy atom. The number of hydrogen-bond donors (Lipinski definition) is 0. The highest BCUT2D eigenvalue weighted by atomic mass is 19.2. The number of aryl methyl sites for hydroxylation is 1. The van der Waals surface area contributed by atoms with Crippen LogP contribution in [0.25, 0.3) is 11.1 Å². The van der Waals surface area contributed by atoms with Crippen LogP contribution in [0.1, 0.15) is 6.92 Å². The van der Waals surface area contributed by atoms with Crippen molar-refractivity contribution in [2.24, 2.45) is 7.05 Å². The molecule has 0 spiro atoms. The summed E-state index contributed by atoms with van der Waals surface area (Å²) >= 11 is 0. The van der Waals surface area contributed by atoms with Crippen LogP contribution in [-0.2, 0) is 7.05 Å². The van der Waals surface area contributed by atoms with Crippen LogP contribution >= 0.6 is 0 Å². The number of rotatable bonds is 6. The minimum atomic E-state index is -1.09. The van der Waals surface area contributed by atoms with Gasteiger partial charge in [-0.15, -0.1) is 0 Å². The monoisotopic (exact) mass is 402 g/mol. The predicted octanol–water partition coefficient (Wildman–Crippen LogP) is 4.43. The van der Waals surface area contributed by atoms with Crippen LogP contribution in [0.2, 0.25) is 0 Å². The average molecular weight is 402 g/mol. The Hall–Kier alpha value is -3.75. The molecule has 2 aromatic carbocycles. The maximum Gasteiger partial charge on any atom is 0.270 e. The summed E-state index contributed by atoms with van der Waals surface area (Å²) in [5.41, 5.74) is 0.0814. The van der Waals surface area contributed by atoms with Gasteiger partial charge in [-0.25, -0.2) is 8.78 Å². The van der Waals surface area contributed by atoms with Crippen LogP contribution in [0.4, 0.5) is 14.5 Å². The van der Waals surface area contributed by atoms with Gasteiger partial charge in [0.2, 0.25) is 0 Å². The van der Waals surface area contributed by atoms with Gasteiger partial charge in [-0.1, -0.05) is 0 Å². The smallest absolute Gasteiger partial charge is 0.270 e. The number of benzene rings is 2. The van der Waals surface area contributed by atoms with Gasteiger partial charge < -0.3 is 14.0 Å². The fourth-order valence-corrected chi connectivity index (χ4v) is 2.69. The van der Waals surface area contributed by atoms with E-state index < -0.39 is 16.6 Å². The molecule has 0 saturated carbocycles. The van der Waals surface area contributed by atoms with Gasteiger partial charge in [0.25, 0.3) is 11.2 Å². The molecule has 0 saturated heterocycles. The minimum absolute atomic E-state index is 0.00165. The average Bonchev–Trinajstić information content (AvgIpc) is 2.68. The number of hydrogen-bond acceptors (Lipinski definition) is 5. The van der Waals surface area contributed by atoms with E-state index in [4.69, 9.17) is 9.47 Å². The number of pyridine rings is 1. The van der Waals surface area contributed by atoms with Gasteiger partial charge >= 0.3 is 0 Å². The van der Waals surface area contributed by atoms with E-state index >= 15 is 0 Å². The molecule has 0 N–H and O–H groups in total. The zero-order valence-electron chi connectivity index (χ0n) is 15.5. The maximum absolute atomic E-state index is 13.5. The lowest BCUT2D eigenvalue weighted by Gasteiger charge is -2.15. The number of nitro groups is 1. The summed E-state index contributed by atoms with van der Waals surface area (Å²) in [4.78, 5) is 22.7. The summed E-state index contributed by atoms with van der Waals surface area (Å²) in [6.07, 6.45) is 1.46. The molecule has 3 rings (SSSR count). The number of nitrogens with zero attached hydrogens (tertiary/aromatic N) is 2. The molecule has 1 aromatic heterocycles. The van der Waals surface area contributed by atoms with Crippen molar-refractivity contribution in [1.29, 1.82) is 0 Å². The largest absolute Gasteiger partial charge is 0.493 e. The van der Waals surface area contributed by atoms with Crippen molar-refractivity contribution in [1.82, 2.24) is 4.57 Å². The topological polar surface area (TPSA) is 83.6 Å². The van der Waals surface area contributed by atoms with Gasteiger partial charge in [0, 0.05) is 48.6 Å². The molecule has 0 fully saturated rings. The Bertz CT molecular complexity index is 1140. The van der Waals surface area contributed by atoms with E-state index in [0.717, 1.165) is 12.1 Å². The first-order valence-corrected chi connectivity index (χ1v) is 8.55. The van der Waals surface area contributed by atoms with E-state index in [1.54, 1.807) is 6.92 Å². The van der Waals surface area contributed by atoms with E-state index in [-0.39, 0.29) is 40.7 Å². The van der Waals surface area contributed by atoms with Crippen molar-refractivity contribution in [3.63, 3.8) is 0 Å². The van der Waals surface area contributed by atoms with Crippen molar-refractivity contribution in [3.05, 3.63) is 80.8 Å². The van der Waals surface area contributed by atoms with Crippen LogP contribution in [0.5, 0.6) is 17.2 Å². The highest BCUT2D eigenvalue weighted by Gasteiger charge is 2.19. The Labute approximate surface area is 163 Å². The van der Waals surface area contributed by atoms with Crippen LogP contribution in [0, 0.1) is 21.7 Å². The molecule has 29 heavy (non-hydrogen) atoms. The molecule has 0 unspecified atom stereocenters. The van der Waals surface area contributed by atoms with Crippen molar-refractivity contribution in [3.8, 4) is 28.4 Å². The highest BCUT2D eigenvalue weighted by molar-refractivity contribution is 5.77. The van der Waals surface area contributed by atoms with Gasteiger partial charge in [0.05, 0.1) is 11.5 Å². The van der Waals surface area contributed by atoms with Crippen LogP contribution in [0.15, 0.2) is 53.5 Å². The Morgan fingerprint density at radius 3 is 2.45 bits per heavy atom. The molecule has 7 nitrogen and oxygen atoms in total. The summed E-state index contributed by atoms with van der Waals surface area (Å²) in [5, 5.41) is 11.3. The lowest BCUT2D eigenvalue weighted by Crippen LogP contribution is -2.16. The van der Waals surface area contributed by atoms with Crippen LogP contribution in [-0.4, -0.2) is 16.1 Å². The third kappa shape index (κ3) is 4.23. The fraction of sp³-hybridized carbons (Fsp3) is 0.150. The lowest BCUT2D eigenvalue weighted by atomic mass is 10.0. The summed E-state index contributed by atoms with van der Waals surface area (Å²) < 4.78 is 39.2. The standard InChI is InChI=1S/C20H16F2N2O5/c1-3-28-19-10-20(25)23(2)11-15(19)14-8-12(24(26)27)4-7-18(14)29-13-5-6-16(21)17(22)9-13/h4-11H,3H2,1-2H3. The zero-order valence-corrected chi connectivity index (χ0v) is 15.5. The van der Waals surface area contributed by atoms with E-state index in [0.29, 0.717) is 5.56 Å². The normalized spacial score (nSPS) is 10.6. The SMILES string of the molecule is CCOc1cc(=O)n(C)cc1-c1cc([N+](=O)[O-])ccc1Oc1ccc(F)c(F)c1. The molecule has 0 atom stereocenters. The quantitative estimate of drug-likeness (QED) is 0.450. The molecular formula is C20H16F2N2O5. The summed E-state index contributed by atoms with van der Waals surface area (Å²) in [5.74, 6) is -1.77. The highest BCUT2D eigenvalue weighted by Crippen LogP contribution is 2.40. The molecule has 0 radical (unpaired) electrons. The van der Waals surface area contributed by atoms with Crippen molar-refractivity contribution in [2.45, 2.75) is 6.92 Å². The molecule has 0 aliphatic rings. The van der Waals surface area contributed by atoms with Gasteiger partial charge in [0.1, 0.15) is 17.2 Å². The Balaban J connectivity index is 2.19. The third-order valence-corrected chi connectivity index (χ3v) is 4.07. The van der Waals surface area contributed by atoms with E-state index in [1.807, 2.05) is 0 Å². The van der Waals surface area contributed by atoms with Crippen LogP contribution in [0.3, 0.4) is 0 Å². The maximum atomic E-state index is 13.5. The molecule has 1 heterocycles. The number of aromatic nitrogens is 1. The second-order valence-corrected chi connectivity index (χ2v) is 6.05. The van der Waals surface area contributed by atoms with Gasteiger partial charge in [0.15, 0.2) is 11.6 Å². The minimum Gasteiger partial charge on any atom is -0.493 e. The molecule has 0 aliphatic heterocycles. The number of ether oxygens (including phenoxy) is 2. The van der Waals surface area contributed by atoms with Crippen molar-refractivity contribution >= 4 is 5.69 Å². The van der Waals surface area contributed by atoms with Gasteiger partial charge in [-0.2, -0.15) is 0 Å². The van der Waals surface area contributed by atoms with Crippen molar-refractivity contribution in [2.75, 3.05) is 6.61 Å². The molecule has 9 heteroatoms. The van der Waals surface area contributed by atoms with E-state index in [1.165, 1.54) is 48.1 Å². The molecule has 0 bridgehead atoms. The second kappa shape index (κ2) is 8.09. The number of non-ortho nitro benzene ring substituents is 1. The van der Waals surface area contributed by atoms with E-state index in [2.05, 4.69) is 0 Å². The van der Waals surface area contributed by atoms with Gasteiger partial charge in [-0.3, -0.25) is 14.9 Å². The van der Waals surface area contributed by atoms with Crippen LogP contribution < -0.4 is 15.0 Å². The number of halogens is 2. The van der Waals surface area contributed by atoms with Crippen molar-refractivity contribution < 1.29 is 23.2 Å². The lowest BCUT2D eigenvalue weighted by molar-refractivity contribution is -0.384. The summed E-state index contributed by atoms with van der Waals surface area (Å²) in [6, 6.07) is 8.10. The first-order chi connectivity index (χ1) is 13.8. The molecular weight excluding hydrogens is 386 g/mol. The number of nitro benzene ring substituents is 1. The zero-order chi connectivity index (χ0) is 21.1. The summed E-state index contributed by atoms with van der Waals surface area (Å²) in [7, 11) is 1.52. The Morgan fingerprint density at radius 2 is 1.79 bits per heavy atom. The second-order valence-electron chi connectivity index (χ2n) is 6.05. The molecule has 0 aliphatic carbocycles. The van der Waals surface area contributed by atoms with Gasteiger partial charge in [-0.05, 0) is 25.1 Å². The molecule has 0 amide bonds. The first-order valence-electron chi connectivity index (χ1n) is 8.55. The molecule has 150 valence electrons. The Kier molecular flexibility index (Phi) is 5.58. The van der Waals surface area contributed by atoms with E-state index in [9.17, 15) is 23.7 Å². The first kappa shape index (κ1) is 20.0. The summed E-state index contributed by atoms with van der Waals surface area (Å²) in [6.45, 7) is 1.99. The predicted molar refractivity (Wildman–Crippen MR) is 101 cm³/mol. The molecule has 3 aromatic rings. The third-order valence-electron chi connectivity index (χ3n) is 4.07.